The van der Waals surface area contributed by atoms with Crippen molar-refractivity contribution in [3.63, 3.8) is 0 Å². The number of carboxylic acid groups (broad SMARTS) is 1. The second-order valence-electron chi connectivity index (χ2n) is 3.24. The molecule has 0 bridgehead atoms. The van der Waals surface area contributed by atoms with E-state index in [4.69, 9.17) is 5.11 Å². The smallest absolute Gasteiger partial charge is 0.321 e. The van der Waals surface area contributed by atoms with E-state index >= 15 is 0 Å². The Hall–Kier alpha value is -1.56. The summed E-state index contributed by atoms with van der Waals surface area (Å²) in [6.45, 7) is 0. The van der Waals surface area contributed by atoms with Gasteiger partial charge in [-0.2, -0.15) is 0 Å². The molecule has 0 saturated carbocycles. The van der Waals surface area contributed by atoms with Gasteiger partial charge in [0.1, 0.15) is 11.9 Å². The lowest BCUT2D eigenvalue weighted by Gasteiger charge is -2.11. The van der Waals surface area contributed by atoms with Gasteiger partial charge in [-0.3, -0.25) is 4.79 Å². The maximum Gasteiger partial charge on any atom is 0.321 e. The van der Waals surface area contributed by atoms with Gasteiger partial charge < -0.3 is 10.4 Å². The predicted molar refractivity (Wildman–Crippen MR) is 50.5 cm³/mol. The molecule has 0 fully saturated rings. The van der Waals surface area contributed by atoms with E-state index in [-0.39, 0.29) is 12.0 Å². The molecule has 0 radical (unpaired) electrons. The molecule has 0 spiro atoms. The quantitative estimate of drug-likeness (QED) is 0.771. The summed E-state index contributed by atoms with van der Waals surface area (Å²) in [6, 6.07) is 0.0244. The van der Waals surface area contributed by atoms with Gasteiger partial charge in [0.15, 0.2) is 11.6 Å². The number of benzene rings is 1. The molecule has 1 unspecified atom stereocenters. The number of rotatable bonds is 4. The highest BCUT2D eigenvalue weighted by Crippen LogP contribution is 2.15. The summed E-state index contributed by atoms with van der Waals surface area (Å²) in [7, 11) is 1.39. The molecule has 6 heteroatoms. The molecule has 88 valence electrons. The van der Waals surface area contributed by atoms with Crippen LogP contribution in [0.1, 0.15) is 5.56 Å². The summed E-state index contributed by atoms with van der Waals surface area (Å²) in [4.78, 5) is 10.6. The number of aliphatic carboxylic acids is 1. The van der Waals surface area contributed by atoms with Crippen molar-refractivity contribution in [2.75, 3.05) is 7.05 Å². The molecule has 0 aliphatic heterocycles. The third-order valence-electron chi connectivity index (χ3n) is 2.16. The highest BCUT2D eigenvalue weighted by molar-refractivity contribution is 5.73. The zero-order valence-corrected chi connectivity index (χ0v) is 8.43. The molecule has 1 rings (SSSR count). The maximum absolute atomic E-state index is 13.2. The van der Waals surface area contributed by atoms with Crippen LogP contribution in [0.25, 0.3) is 0 Å². The Morgan fingerprint density at radius 1 is 1.31 bits per heavy atom. The number of carboxylic acids is 1. The first-order valence-electron chi connectivity index (χ1n) is 4.49. The van der Waals surface area contributed by atoms with Gasteiger partial charge in [-0.05, 0) is 18.7 Å². The summed E-state index contributed by atoms with van der Waals surface area (Å²) in [5.74, 6) is -4.64. The maximum atomic E-state index is 13.2. The van der Waals surface area contributed by atoms with E-state index in [0.717, 1.165) is 0 Å². The van der Waals surface area contributed by atoms with Crippen LogP contribution < -0.4 is 5.32 Å². The monoisotopic (exact) mass is 233 g/mol. The summed E-state index contributed by atoms with van der Waals surface area (Å²) in [6.07, 6.45) is -0.255. The van der Waals surface area contributed by atoms with E-state index in [1.807, 2.05) is 0 Å². The zero-order chi connectivity index (χ0) is 12.3. The van der Waals surface area contributed by atoms with Crippen LogP contribution in [0.5, 0.6) is 0 Å². The number of halogens is 3. The molecule has 1 aromatic carbocycles. The molecule has 0 amide bonds. The van der Waals surface area contributed by atoms with Crippen LogP contribution >= 0.6 is 0 Å². The van der Waals surface area contributed by atoms with Gasteiger partial charge in [0.05, 0.1) is 0 Å². The van der Waals surface area contributed by atoms with Crippen molar-refractivity contribution in [3.8, 4) is 0 Å². The zero-order valence-electron chi connectivity index (χ0n) is 8.43. The molecular weight excluding hydrogens is 223 g/mol. The molecule has 0 aliphatic carbocycles. The van der Waals surface area contributed by atoms with Crippen LogP contribution in [0.2, 0.25) is 0 Å². The average molecular weight is 233 g/mol. The Balaban J connectivity index is 2.96. The van der Waals surface area contributed by atoms with Crippen molar-refractivity contribution in [2.45, 2.75) is 12.5 Å². The van der Waals surface area contributed by atoms with Gasteiger partial charge in [0.25, 0.3) is 0 Å². The molecule has 0 aliphatic rings. The van der Waals surface area contributed by atoms with Crippen molar-refractivity contribution >= 4 is 5.97 Å². The van der Waals surface area contributed by atoms with E-state index in [1.165, 1.54) is 7.05 Å². The fourth-order valence-electron chi connectivity index (χ4n) is 1.25. The summed E-state index contributed by atoms with van der Waals surface area (Å²) in [5, 5.41) is 11.1. The molecule has 0 saturated heterocycles. The van der Waals surface area contributed by atoms with Crippen LogP contribution in [-0.4, -0.2) is 24.2 Å². The fourth-order valence-corrected chi connectivity index (χ4v) is 1.25. The highest BCUT2D eigenvalue weighted by Gasteiger charge is 2.19. The SMILES string of the molecule is CNC(Cc1cc(F)c(F)cc1F)C(=O)O. The van der Waals surface area contributed by atoms with Crippen LogP contribution in [0.15, 0.2) is 12.1 Å². The minimum atomic E-state index is -1.29. The number of likely N-dealkylation sites (N-methyl/N-ethyl adjacent to an activating group) is 1. The van der Waals surface area contributed by atoms with E-state index < -0.39 is 29.5 Å². The first-order valence-corrected chi connectivity index (χ1v) is 4.49. The molecule has 1 atom stereocenters. The number of hydrogen-bond donors (Lipinski definition) is 2. The lowest BCUT2D eigenvalue weighted by atomic mass is 10.1. The van der Waals surface area contributed by atoms with Gasteiger partial charge in [-0.15, -0.1) is 0 Å². The van der Waals surface area contributed by atoms with Gasteiger partial charge in [-0.1, -0.05) is 0 Å². The van der Waals surface area contributed by atoms with Crippen molar-refractivity contribution in [1.29, 1.82) is 0 Å². The first-order chi connectivity index (χ1) is 7.45. The molecule has 0 aromatic heterocycles. The minimum Gasteiger partial charge on any atom is -0.480 e. The minimum absolute atomic E-state index is 0.180. The topological polar surface area (TPSA) is 49.3 Å². The number of carbonyl (C=O) groups is 1. The van der Waals surface area contributed by atoms with Gasteiger partial charge >= 0.3 is 5.97 Å². The predicted octanol–water partition coefficient (Wildman–Crippen LogP) is 1.32. The fraction of sp³-hybridized carbons (Fsp3) is 0.300. The van der Waals surface area contributed by atoms with Gasteiger partial charge in [0.2, 0.25) is 0 Å². The van der Waals surface area contributed by atoms with Gasteiger partial charge in [0, 0.05) is 12.5 Å². The normalized spacial score (nSPS) is 12.5. The van der Waals surface area contributed by atoms with Crippen molar-refractivity contribution < 1.29 is 23.1 Å². The Morgan fingerprint density at radius 3 is 2.38 bits per heavy atom. The number of nitrogens with one attached hydrogen (secondary N) is 1. The molecular formula is C10H10F3NO2. The summed E-state index contributed by atoms with van der Waals surface area (Å²) < 4.78 is 38.6. The standard InChI is InChI=1S/C10H10F3NO2/c1-14-9(10(15)16)3-5-2-7(12)8(13)4-6(5)11/h2,4,9,14H,3H2,1H3,(H,15,16). The van der Waals surface area contributed by atoms with Gasteiger partial charge in [-0.25, -0.2) is 13.2 Å². The molecule has 2 N–H and O–H groups in total. The largest absolute Gasteiger partial charge is 0.480 e. The molecule has 16 heavy (non-hydrogen) atoms. The van der Waals surface area contributed by atoms with Crippen LogP contribution in [0.4, 0.5) is 13.2 Å². The summed E-state index contributed by atoms with van der Waals surface area (Å²) >= 11 is 0. The van der Waals surface area contributed by atoms with Crippen molar-refractivity contribution in [3.05, 3.63) is 35.1 Å². The Kier molecular flexibility index (Phi) is 3.89. The van der Waals surface area contributed by atoms with Crippen LogP contribution in [0.3, 0.4) is 0 Å². The van der Waals surface area contributed by atoms with E-state index in [1.54, 1.807) is 0 Å². The lowest BCUT2D eigenvalue weighted by molar-refractivity contribution is -0.139. The molecule has 1 aromatic rings. The Morgan fingerprint density at radius 2 is 1.88 bits per heavy atom. The van der Waals surface area contributed by atoms with Crippen molar-refractivity contribution in [2.24, 2.45) is 0 Å². The Bertz CT molecular complexity index is 409. The van der Waals surface area contributed by atoms with Crippen molar-refractivity contribution in [1.82, 2.24) is 5.32 Å². The second-order valence-corrected chi connectivity index (χ2v) is 3.24. The third kappa shape index (κ3) is 2.73. The number of hydrogen-bond acceptors (Lipinski definition) is 2. The average Bonchev–Trinajstić information content (AvgIpc) is 2.21. The Labute approximate surface area is 89.9 Å². The first kappa shape index (κ1) is 12.5. The lowest BCUT2D eigenvalue weighted by Crippen LogP contribution is -2.36. The van der Waals surface area contributed by atoms with E-state index in [0.29, 0.717) is 12.1 Å². The molecule has 0 heterocycles. The van der Waals surface area contributed by atoms with Crippen LogP contribution in [-0.2, 0) is 11.2 Å². The van der Waals surface area contributed by atoms with E-state index in [9.17, 15) is 18.0 Å². The highest BCUT2D eigenvalue weighted by atomic mass is 19.2. The summed E-state index contributed by atoms with van der Waals surface area (Å²) in [5.41, 5.74) is -0.180. The third-order valence-corrected chi connectivity index (χ3v) is 2.16. The van der Waals surface area contributed by atoms with Crippen LogP contribution in [0, 0.1) is 17.5 Å². The molecule has 3 nitrogen and oxygen atoms in total. The van der Waals surface area contributed by atoms with E-state index in [2.05, 4.69) is 5.32 Å². The second kappa shape index (κ2) is 4.98.